The lowest BCUT2D eigenvalue weighted by molar-refractivity contribution is -0.136. The molecule has 0 radical (unpaired) electrons. The number of hydrogen-bond acceptors (Lipinski definition) is 3. The van der Waals surface area contributed by atoms with Gasteiger partial charge in [-0.05, 0) is 50.4 Å². The molecule has 6 heteroatoms. The van der Waals surface area contributed by atoms with Gasteiger partial charge in [0.25, 0.3) is 5.91 Å². The molecule has 1 aromatic rings. The summed E-state index contributed by atoms with van der Waals surface area (Å²) >= 11 is 6.08. The first-order valence-corrected chi connectivity index (χ1v) is 7.30. The molecule has 0 bridgehead atoms. The number of aryl methyl sites for hydroxylation is 1. The molecule has 1 aliphatic heterocycles. The van der Waals surface area contributed by atoms with Crippen molar-refractivity contribution in [2.75, 3.05) is 19.6 Å². The zero-order valence-corrected chi connectivity index (χ0v) is 13.9. The first-order chi connectivity index (χ1) is 9.51. The molecule has 0 spiro atoms. The van der Waals surface area contributed by atoms with Crippen LogP contribution in [0.2, 0.25) is 5.02 Å². The van der Waals surface area contributed by atoms with Crippen LogP contribution in [0.1, 0.15) is 18.9 Å². The van der Waals surface area contributed by atoms with Crippen LogP contribution in [0.3, 0.4) is 0 Å². The number of halogens is 2. The van der Waals surface area contributed by atoms with Crippen LogP contribution in [0, 0.1) is 12.8 Å². The molecule has 1 aromatic carbocycles. The third-order valence-electron chi connectivity index (χ3n) is 3.67. The first kappa shape index (κ1) is 18.1. The van der Waals surface area contributed by atoms with Crippen molar-refractivity contribution in [3.8, 4) is 5.75 Å². The van der Waals surface area contributed by atoms with Gasteiger partial charge < -0.3 is 15.4 Å². The lowest BCUT2D eigenvalue weighted by Crippen LogP contribution is -2.39. The molecule has 1 aliphatic rings. The highest BCUT2D eigenvalue weighted by molar-refractivity contribution is 6.32. The van der Waals surface area contributed by atoms with E-state index in [0.717, 1.165) is 25.1 Å². The van der Waals surface area contributed by atoms with Crippen LogP contribution in [0.15, 0.2) is 18.2 Å². The van der Waals surface area contributed by atoms with E-state index >= 15 is 0 Å². The van der Waals surface area contributed by atoms with E-state index in [1.54, 1.807) is 13.0 Å². The van der Waals surface area contributed by atoms with E-state index < -0.39 is 6.10 Å². The van der Waals surface area contributed by atoms with Gasteiger partial charge in [-0.2, -0.15) is 0 Å². The highest BCUT2D eigenvalue weighted by Crippen LogP contribution is 2.27. The Labute approximate surface area is 137 Å². The normalized spacial score (nSPS) is 19.0. The number of carbonyl (C=O) groups is 1. The minimum absolute atomic E-state index is 0. The van der Waals surface area contributed by atoms with Crippen molar-refractivity contribution in [2.45, 2.75) is 26.4 Å². The van der Waals surface area contributed by atoms with Gasteiger partial charge in [-0.3, -0.25) is 4.79 Å². The predicted octanol–water partition coefficient (Wildman–Crippen LogP) is 2.64. The van der Waals surface area contributed by atoms with Gasteiger partial charge in [-0.1, -0.05) is 17.7 Å². The molecule has 2 rings (SSSR count). The summed E-state index contributed by atoms with van der Waals surface area (Å²) in [4.78, 5) is 14.1. The Hall–Kier alpha value is -0.970. The standard InChI is InChI=1S/C15H21ClN2O2.ClH/c1-10-3-4-13(16)14(7-10)20-11(2)15(19)18-6-5-12(8-17)9-18;/h3-4,7,11-12H,5-6,8-9,17H2,1-2H3;1H. The molecular formula is C15H22Cl2N2O2. The van der Waals surface area contributed by atoms with Crippen molar-refractivity contribution >= 4 is 29.9 Å². The molecule has 1 heterocycles. The zero-order chi connectivity index (χ0) is 14.7. The summed E-state index contributed by atoms with van der Waals surface area (Å²) in [5, 5.41) is 0.525. The maximum Gasteiger partial charge on any atom is 0.263 e. The van der Waals surface area contributed by atoms with Gasteiger partial charge in [-0.25, -0.2) is 0 Å². The minimum atomic E-state index is -0.536. The van der Waals surface area contributed by atoms with E-state index in [1.165, 1.54) is 0 Å². The number of nitrogens with two attached hydrogens (primary N) is 1. The lowest BCUT2D eigenvalue weighted by atomic mass is 10.1. The lowest BCUT2D eigenvalue weighted by Gasteiger charge is -2.22. The van der Waals surface area contributed by atoms with E-state index in [9.17, 15) is 4.79 Å². The number of benzene rings is 1. The fourth-order valence-electron chi connectivity index (χ4n) is 2.42. The summed E-state index contributed by atoms with van der Waals surface area (Å²) in [7, 11) is 0. The van der Waals surface area contributed by atoms with Gasteiger partial charge in [-0.15, -0.1) is 12.4 Å². The first-order valence-electron chi connectivity index (χ1n) is 6.93. The maximum atomic E-state index is 12.3. The molecule has 1 amide bonds. The van der Waals surface area contributed by atoms with Crippen LogP contribution >= 0.6 is 24.0 Å². The van der Waals surface area contributed by atoms with Gasteiger partial charge in [0.1, 0.15) is 5.75 Å². The van der Waals surface area contributed by atoms with Crippen LogP contribution in [0.4, 0.5) is 0 Å². The second kappa shape index (κ2) is 7.87. The van der Waals surface area contributed by atoms with Gasteiger partial charge in [0.05, 0.1) is 5.02 Å². The number of hydrogen-bond donors (Lipinski definition) is 1. The predicted molar refractivity (Wildman–Crippen MR) is 87.3 cm³/mol. The molecule has 0 aromatic heterocycles. The van der Waals surface area contributed by atoms with Gasteiger partial charge in [0, 0.05) is 13.1 Å². The van der Waals surface area contributed by atoms with Crippen molar-refractivity contribution < 1.29 is 9.53 Å². The summed E-state index contributed by atoms with van der Waals surface area (Å²) in [5.74, 6) is 0.967. The SMILES string of the molecule is Cc1ccc(Cl)c(OC(C)C(=O)N2CCC(CN)C2)c1.Cl. The van der Waals surface area contributed by atoms with E-state index in [4.69, 9.17) is 22.1 Å². The van der Waals surface area contributed by atoms with Gasteiger partial charge >= 0.3 is 0 Å². The topological polar surface area (TPSA) is 55.6 Å². The second-order valence-corrected chi connectivity index (χ2v) is 5.78. The minimum Gasteiger partial charge on any atom is -0.479 e. The number of carbonyl (C=O) groups excluding carboxylic acids is 1. The monoisotopic (exact) mass is 332 g/mol. The molecule has 1 saturated heterocycles. The Morgan fingerprint density at radius 2 is 2.29 bits per heavy atom. The Morgan fingerprint density at radius 1 is 1.57 bits per heavy atom. The number of likely N-dealkylation sites (tertiary alicyclic amines) is 1. The van der Waals surface area contributed by atoms with E-state index in [-0.39, 0.29) is 18.3 Å². The zero-order valence-electron chi connectivity index (χ0n) is 12.3. The van der Waals surface area contributed by atoms with Crippen LogP contribution in [-0.4, -0.2) is 36.5 Å². The number of nitrogens with zero attached hydrogens (tertiary/aromatic N) is 1. The molecule has 4 nitrogen and oxygen atoms in total. The van der Waals surface area contributed by atoms with Crippen molar-refractivity contribution in [3.63, 3.8) is 0 Å². The molecule has 0 aliphatic carbocycles. The molecule has 2 atom stereocenters. The Bertz CT molecular complexity index is 497. The summed E-state index contributed by atoms with van der Waals surface area (Å²) < 4.78 is 5.71. The average Bonchev–Trinajstić information content (AvgIpc) is 2.90. The summed E-state index contributed by atoms with van der Waals surface area (Å²) in [6.45, 7) is 5.84. The van der Waals surface area contributed by atoms with Crippen LogP contribution < -0.4 is 10.5 Å². The summed E-state index contributed by atoms with van der Waals surface area (Å²) in [6, 6.07) is 5.54. The summed E-state index contributed by atoms with van der Waals surface area (Å²) in [6.07, 6.45) is 0.436. The van der Waals surface area contributed by atoms with Crippen molar-refractivity contribution in [1.82, 2.24) is 4.90 Å². The molecule has 118 valence electrons. The Balaban J connectivity index is 0.00000220. The number of rotatable bonds is 4. The van der Waals surface area contributed by atoms with Crippen LogP contribution in [-0.2, 0) is 4.79 Å². The molecule has 2 unspecified atom stereocenters. The number of ether oxygens (including phenoxy) is 1. The van der Waals surface area contributed by atoms with Gasteiger partial charge in [0.15, 0.2) is 6.10 Å². The molecular weight excluding hydrogens is 311 g/mol. The molecule has 0 saturated carbocycles. The molecule has 1 fully saturated rings. The van der Waals surface area contributed by atoms with Crippen LogP contribution in [0.25, 0.3) is 0 Å². The fraction of sp³-hybridized carbons (Fsp3) is 0.533. The van der Waals surface area contributed by atoms with Crippen molar-refractivity contribution in [3.05, 3.63) is 28.8 Å². The molecule has 21 heavy (non-hydrogen) atoms. The Kier molecular flexibility index (Phi) is 6.78. The smallest absolute Gasteiger partial charge is 0.263 e. The van der Waals surface area contributed by atoms with Crippen molar-refractivity contribution in [2.24, 2.45) is 11.7 Å². The largest absolute Gasteiger partial charge is 0.479 e. The second-order valence-electron chi connectivity index (χ2n) is 5.37. The number of amides is 1. The quantitative estimate of drug-likeness (QED) is 0.922. The van der Waals surface area contributed by atoms with E-state index in [0.29, 0.717) is 23.2 Å². The Morgan fingerprint density at radius 3 is 2.90 bits per heavy atom. The van der Waals surface area contributed by atoms with Crippen molar-refractivity contribution in [1.29, 1.82) is 0 Å². The maximum absolute atomic E-state index is 12.3. The molecule has 2 N–H and O–H groups in total. The third-order valence-corrected chi connectivity index (χ3v) is 3.98. The van der Waals surface area contributed by atoms with E-state index in [1.807, 2.05) is 24.0 Å². The van der Waals surface area contributed by atoms with Crippen LogP contribution in [0.5, 0.6) is 5.75 Å². The van der Waals surface area contributed by atoms with E-state index in [2.05, 4.69) is 0 Å². The third kappa shape index (κ3) is 4.50. The van der Waals surface area contributed by atoms with Gasteiger partial charge in [0.2, 0.25) is 0 Å². The highest BCUT2D eigenvalue weighted by atomic mass is 35.5. The highest BCUT2D eigenvalue weighted by Gasteiger charge is 2.29. The average molecular weight is 333 g/mol. The summed E-state index contributed by atoms with van der Waals surface area (Å²) in [5.41, 5.74) is 6.70. The fourth-order valence-corrected chi connectivity index (χ4v) is 2.59.